The fourth-order valence-corrected chi connectivity index (χ4v) is 3.01. The number of halogens is 2. The summed E-state index contributed by atoms with van der Waals surface area (Å²) in [4.78, 5) is 47.0. The van der Waals surface area contributed by atoms with Crippen molar-refractivity contribution in [3.63, 3.8) is 0 Å². The summed E-state index contributed by atoms with van der Waals surface area (Å²) < 4.78 is 24.2. The molecule has 0 radical (unpaired) electrons. The Bertz CT molecular complexity index is 839. The maximum absolute atomic E-state index is 13.7. The molecule has 30 heavy (non-hydrogen) atoms. The third-order valence-electron chi connectivity index (χ3n) is 4.14. The molecule has 0 saturated carbocycles. The molecule has 0 aromatic heterocycles. The zero-order valence-electron chi connectivity index (χ0n) is 16.3. The molecular weight excluding hydrogens is 421 g/mol. The van der Waals surface area contributed by atoms with Gasteiger partial charge < -0.3 is 25.0 Å². The van der Waals surface area contributed by atoms with Gasteiger partial charge in [-0.3, -0.25) is 19.2 Å². The second-order valence-corrected chi connectivity index (χ2v) is 7.57. The third-order valence-corrected chi connectivity index (χ3v) is 4.37. The van der Waals surface area contributed by atoms with Crippen LogP contribution in [0.5, 0.6) is 0 Å². The predicted molar refractivity (Wildman–Crippen MR) is 104 cm³/mol. The third kappa shape index (κ3) is 6.70. The van der Waals surface area contributed by atoms with Crippen LogP contribution in [-0.2, 0) is 23.7 Å². The minimum Gasteiger partial charge on any atom is -0.506 e. The first-order valence-electron chi connectivity index (χ1n) is 9.17. The van der Waals surface area contributed by atoms with E-state index < -0.39 is 61.7 Å². The lowest BCUT2D eigenvalue weighted by atomic mass is 9.74. The fraction of sp³-hybridized carbons (Fsp3) is 0.444. The van der Waals surface area contributed by atoms with E-state index in [4.69, 9.17) is 26.0 Å². The van der Waals surface area contributed by atoms with Crippen LogP contribution in [-0.4, -0.2) is 54.6 Å². The molecule has 1 fully saturated rings. The van der Waals surface area contributed by atoms with Gasteiger partial charge in [-0.15, -0.1) is 0 Å². The van der Waals surface area contributed by atoms with E-state index in [0.717, 1.165) is 12.1 Å². The zero-order chi connectivity index (χ0) is 22.4. The summed E-state index contributed by atoms with van der Waals surface area (Å²) in [5.41, 5.74) is -0.307. The highest BCUT2D eigenvalue weighted by molar-refractivity contribution is 6.51. The highest BCUT2D eigenvalue weighted by Gasteiger charge is 2.46. The van der Waals surface area contributed by atoms with Crippen LogP contribution < -0.4 is 10.6 Å². The second kappa shape index (κ2) is 10.4. The Balaban J connectivity index is 1.97. The molecule has 1 saturated heterocycles. The first-order valence-corrected chi connectivity index (χ1v) is 9.55. The van der Waals surface area contributed by atoms with Crippen molar-refractivity contribution in [1.82, 2.24) is 10.6 Å². The molecular formula is C18H21BClFN2O7. The van der Waals surface area contributed by atoms with Crippen LogP contribution in [0.1, 0.15) is 37.0 Å². The molecule has 0 spiro atoms. The average molecular weight is 443 g/mol. The Morgan fingerprint density at radius 1 is 1.33 bits per heavy atom. The van der Waals surface area contributed by atoms with Crippen LogP contribution in [0.2, 0.25) is 5.02 Å². The number of carboxylic acid groups (broad SMARTS) is 1. The molecule has 0 bridgehead atoms. The van der Waals surface area contributed by atoms with Crippen molar-refractivity contribution in [3.05, 3.63) is 34.6 Å². The number of hydrogen-bond acceptors (Lipinski definition) is 6. The minimum absolute atomic E-state index is 0.0753. The lowest BCUT2D eigenvalue weighted by molar-refractivity contribution is -0.145. The summed E-state index contributed by atoms with van der Waals surface area (Å²) in [6, 6.07) is 3.47. The molecule has 12 heteroatoms. The summed E-state index contributed by atoms with van der Waals surface area (Å²) in [7, 11) is -1.16. The molecule has 1 unspecified atom stereocenters. The Morgan fingerprint density at radius 3 is 2.67 bits per heavy atom. The Labute approximate surface area is 177 Å². The van der Waals surface area contributed by atoms with Crippen molar-refractivity contribution in [2.24, 2.45) is 5.92 Å². The summed E-state index contributed by atoms with van der Waals surface area (Å²) in [6.45, 7) is 3.27. The van der Waals surface area contributed by atoms with Crippen LogP contribution in [0.25, 0.3) is 0 Å². The molecule has 3 N–H and O–H groups in total. The molecule has 0 aliphatic carbocycles. The zero-order valence-corrected chi connectivity index (χ0v) is 17.1. The predicted octanol–water partition coefficient (Wildman–Crippen LogP) is 1.18. The molecule has 9 nitrogen and oxygen atoms in total. The normalized spacial score (nSPS) is 16.9. The molecule has 1 aliphatic heterocycles. The second-order valence-electron chi connectivity index (χ2n) is 7.14. The van der Waals surface area contributed by atoms with E-state index in [1.54, 1.807) is 0 Å². The van der Waals surface area contributed by atoms with Crippen molar-refractivity contribution < 1.29 is 38.0 Å². The Kier molecular flexibility index (Phi) is 8.19. The summed E-state index contributed by atoms with van der Waals surface area (Å²) in [6.07, 6.45) is -1.45. The topological polar surface area (TPSA) is 131 Å². The van der Waals surface area contributed by atoms with E-state index in [0.29, 0.717) is 6.42 Å². The van der Waals surface area contributed by atoms with Crippen molar-refractivity contribution in [1.29, 1.82) is 0 Å². The Morgan fingerprint density at radius 2 is 2.03 bits per heavy atom. The number of carboxylic acids is 1. The van der Waals surface area contributed by atoms with Gasteiger partial charge in [-0.2, -0.15) is 0 Å². The van der Waals surface area contributed by atoms with Crippen LogP contribution in [0.15, 0.2) is 18.2 Å². The molecule has 162 valence electrons. The number of carbonyl (C=O) groups is 4. The van der Waals surface area contributed by atoms with Crippen LogP contribution in [0.4, 0.5) is 4.39 Å². The number of aliphatic carboxylic acids is 1. The number of hydrogen-bond donors (Lipinski definition) is 3. The van der Waals surface area contributed by atoms with E-state index in [2.05, 4.69) is 10.6 Å². The smallest absolute Gasteiger partial charge is 0.506 e. The molecule has 2 atom stereocenters. The van der Waals surface area contributed by atoms with Crippen molar-refractivity contribution in [3.8, 4) is 0 Å². The maximum Gasteiger partial charge on any atom is 0.552 e. The van der Waals surface area contributed by atoms with E-state index >= 15 is 0 Å². The standard InChI is InChI=1S/C18H21BClFN2O7/c1-9(2)5-14(19-29-13(7-16(25)26)18(28)30-19)23-15(24)8-22-17(27)11-6-10(20)3-4-12(11)21/h3-4,6,9,13-14H,5,7-8H2,1-2H3,(H,22,27)(H,23,24)(H,25,26)/t13?,14-/m0/s1. The number of benzene rings is 1. The lowest BCUT2D eigenvalue weighted by Crippen LogP contribution is -2.50. The molecule has 2 rings (SSSR count). The summed E-state index contributed by atoms with van der Waals surface area (Å²) in [5, 5.41) is 13.9. The van der Waals surface area contributed by atoms with Crippen molar-refractivity contribution in [2.75, 3.05) is 6.54 Å². The number of amides is 2. The molecule has 1 heterocycles. The van der Waals surface area contributed by atoms with Crippen LogP contribution in [0.3, 0.4) is 0 Å². The van der Waals surface area contributed by atoms with Gasteiger partial charge in [-0.1, -0.05) is 25.4 Å². The molecule has 1 aliphatic rings. The minimum atomic E-state index is -1.26. The first-order chi connectivity index (χ1) is 14.1. The lowest BCUT2D eigenvalue weighted by Gasteiger charge is -2.21. The highest BCUT2D eigenvalue weighted by Crippen LogP contribution is 2.19. The van der Waals surface area contributed by atoms with Gasteiger partial charge in [0.2, 0.25) is 5.91 Å². The van der Waals surface area contributed by atoms with Crippen molar-refractivity contribution in [2.45, 2.75) is 38.7 Å². The summed E-state index contributed by atoms with van der Waals surface area (Å²) >= 11 is 5.75. The van der Waals surface area contributed by atoms with E-state index in [9.17, 15) is 23.6 Å². The van der Waals surface area contributed by atoms with E-state index in [-0.39, 0.29) is 16.5 Å². The van der Waals surface area contributed by atoms with Crippen molar-refractivity contribution >= 4 is 42.5 Å². The number of nitrogens with one attached hydrogen (secondary N) is 2. The van der Waals surface area contributed by atoms with E-state index in [1.807, 2.05) is 13.8 Å². The monoisotopic (exact) mass is 442 g/mol. The average Bonchev–Trinajstić information content (AvgIpc) is 3.00. The van der Waals surface area contributed by atoms with Gasteiger partial charge in [-0.25, -0.2) is 4.39 Å². The molecule has 1 aromatic carbocycles. The number of rotatable bonds is 9. The summed E-state index contributed by atoms with van der Waals surface area (Å²) in [5.74, 6) is -4.97. The SMILES string of the molecule is CC(C)C[C@H](NC(=O)CNC(=O)c1cc(Cl)ccc1F)B1OC(=O)C(CC(=O)O)O1. The van der Waals surface area contributed by atoms with Gasteiger partial charge in [0.1, 0.15) is 5.82 Å². The van der Waals surface area contributed by atoms with Gasteiger partial charge in [-0.05, 0) is 30.5 Å². The van der Waals surface area contributed by atoms with Gasteiger partial charge in [0.15, 0.2) is 6.10 Å². The first kappa shape index (κ1) is 23.6. The Hall–Kier alpha value is -2.66. The van der Waals surface area contributed by atoms with Gasteiger partial charge in [0.05, 0.1) is 24.5 Å². The molecule has 1 aromatic rings. The quantitative estimate of drug-likeness (QED) is 0.489. The largest absolute Gasteiger partial charge is 0.552 e. The van der Waals surface area contributed by atoms with Gasteiger partial charge in [0, 0.05) is 5.02 Å². The molecule has 2 amide bonds. The highest BCUT2D eigenvalue weighted by atomic mass is 35.5. The number of carbonyl (C=O) groups excluding carboxylic acids is 3. The van der Waals surface area contributed by atoms with Crippen LogP contribution in [0, 0.1) is 11.7 Å². The van der Waals surface area contributed by atoms with Crippen LogP contribution >= 0.6 is 11.6 Å². The maximum atomic E-state index is 13.7. The van der Waals surface area contributed by atoms with Gasteiger partial charge in [0.25, 0.3) is 5.91 Å². The fourth-order valence-electron chi connectivity index (χ4n) is 2.83. The van der Waals surface area contributed by atoms with Gasteiger partial charge >= 0.3 is 19.1 Å². The van der Waals surface area contributed by atoms with E-state index in [1.165, 1.54) is 6.07 Å².